The summed E-state index contributed by atoms with van der Waals surface area (Å²) >= 11 is 5.94. The van der Waals surface area contributed by atoms with Gasteiger partial charge in [0.2, 0.25) is 0 Å². The number of halogens is 1. The molecule has 0 aliphatic heterocycles. The van der Waals surface area contributed by atoms with Crippen LogP contribution in [-0.4, -0.2) is 17.5 Å². The van der Waals surface area contributed by atoms with Gasteiger partial charge in [-0.15, -0.1) is 0 Å². The summed E-state index contributed by atoms with van der Waals surface area (Å²) in [4.78, 5) is 28.7. The number of hydrogen-bond acceptors (Lipinski definition) is 4. The summed E-state index contributed by atoms with van der Waals surface area (Å²) in [6.45, 7) is 5.58. The van der Waals surface area contributed by atoms with E-state index in [0.29, 0.717) is 16.3 Å². The second kappa shape index (κ2) is 6.71. The maximum absolute atomic E-state index is 12.0. The maximum Gasteiger partial charge on any atom is 0.367 e. The van der Waals surface area contributed by atoms with E-state index in [0.717, 1.165) is 5.57 Å². The van der Waals surface area contributed by atoms with Crippen molar-refractivity contribution < 1.29 is 14.4 Å². The zero-order valence-electron chi connectivity index (χ0n) is 12.6. The van der Waals surface area contributed by atoms with Gasteiger partial charge in [0.05, 0.1) is 10.6 Å². The van der Waals surface area contributed by atoms with Gasteiger partial charge in [0.15, 0.2) is 5.78 Å². The molecule has 5 heteroatoms. The first-order chi connectivity index (χ1) is 10.4. The van der Waals surface area contributed by atoms with E-state index < -0.39 is 5.97 Å². The lowest BCUT2D eigenvalue weighted by Gasteiger charge is -2.15. The number of allylic oxidation sites excluding steroid dienone is 4. The smallest absolute Gasteiger partial charge is 0.312 e. The van der Waals surface area contributed by atoms with Crippen molar-refractivity contribution in [2.75, 3.05) is 0 Å². The summed E-state index contributed by atoms with van der Waals surface area (Å²) in [5.41, 5.74) is 2.02. The van der Waals surface area contributed by atoms with Crippen LogP contribution >= 0.6 is 11.6 Å². The highest BCUT2D eigenvalue weighted by atomic mass is 35.5. The molecule has 0 aromatic heterocycles. The summed E-state index contributed by atoms with van der Waals surface area (Å²) in [6.07, 6.45) is 3.15. The van der Waals surface area contributed by atoms with Crippen LogP contribution in [0.3, 0.4) is 0 Å². The standard InChI is InChI=1S/C17H16ClNO3/c1-10(2)13-9-16(20)11(3)8-15(13)19-22-17(21)12-6-4-5-7-14(12)18/h4-10H,1-3H3. The van der Waals surface area contributed by atoms with Crippen LogP contribution < -0.4 is 0 Å². The quantitative estimate of drug-likeness (QED) is 0.481. The molecule has 22 heavy (non-hydrogen) atoms. The topological polar surface area (TPSA) is 55.7 Å². The predicted molar refractivity (Wildman–Crippen MR) is 86.0 cm³/mol. The minimum absolute atomic E-state index is 0.0555. The zero-order chi connectivity index (χ0) is 16.3. The van der Waals surface area contributed by atoms with Crippen molar-refractivity contribution in [3.63, 3.8) is 0 Å². The van der Waals surface area contributed by atoms with Crippen molar-refractivity contribution in [2.45, 2.75) is 20.8 Å². The Bertz CT molecular complexity index is 714. The number of carbonyl (C=O) groups is 2. The molecular formula is C17H16ClNO3. The SMILES string of the molecule is CC1=CC(=NOC(=O)c2ccccc2Cl)C(C(C)C)=CC1=O. The van der Waals surface area contributed by atoms with E-state index in [9.17, 15) is 9.59 Å². The molecule has 0 unspecified atom stereocenters. The van der Waals surface area contributed by atoms with Crippen molar-refractivity contribution in [1.82, 2.24) is 0 Å². The van der Waals surface area contributed by atoms with Crippen LogP contribution in [0.5, 0.6) is 0 Å². The van der Waals surface area contributed by atoms with Crippen LogP contribution in [-0.2, 0) is 9.63 Å². The molecule has 114 valence electrons. The number of oxime groups is 1. The van der Waals surface area contributed by atoms with Gasteiger partial charge in [-0.1, -0.05) is 42.7 Å². The summed E-state index contributed by atoms with van der Waals surface area (Å²) in [7, 11) is 0. The van der Waals surface area contributed by atoms with E-state index in [1.165, 1.54) is 6.08 Å². The lowest BCUT2D eigenvalue weighted by atomic mass is 9.90. The molecule has 4 nitrogen and oxygen atoms in total. The van der Waals surface area contributed by atoms with Crippen molar-refractivity contribution >= 4 is 29.1 Å². The van der Waals surface area contributed by atoms with Crippen molar-refractivity contribution in [1.29, 1.82) is 0 Å². The van der Waals surface area contributed by atoms with Crippen LogP contribution in [0.2, 0.25) is 5.02 Å². The third-order valence-corrected chi connectivity index (χ3v) is 3.60. The number of carbonyl (C=O) groups excluding carboxylic acids is 2. The second-order valence-corrected chi connectivity index (χ2v) is 5.69. The van der Waals surface area contributed by atoms with E-state index in [2.05, 4.69) is 5.16 Å². The van der Waals surface area contributed by atoms with Crippen molar-refractivity contribution in [3.05, 3.63) is 58.1 Å². The molecule has 0 amide bonds. The van der Waals surface area contributed by atoms with Gasteiger partial charge < -0.3 is 4.84 Å². The number of ketones is 1. The molecule has 1 aromatic rings. The van der Waals surface area contributed by atoms with Gasteiger partial charge in [0.25, 0.3) is 0 Å². The first kappa shape index (κ1) is 16.2. The lowest BCUT2D eigenvalue weighted by molar-refractivity contribution is -0.111. The molecule has 1 aliphatic carbocycles. The highest BCUT2D eigenvalue weighted by molar-refractivity contribution is 6.33. The molecule has 0 saturated carbocycles. The second-order valence-electron chi connectivity index (χ2n) is 5.28. The van der Waals surface area contributed by atoms with Crippen molar-refractivity contribution in [2.24, 2.45) is 11.1 Å². The molecule has 0 fully saturated rings. The molecule has 0 spiro atoms. The average molecular weight is 318 g/mol. The first-order valence-electron chi connectivity index (χ1n) is 6.88. The van der Waals surface area contributed by atoms with E-state index in [1.807, 2.05) is 13.8 Å². The Hall–Kier alpha value is -2.20. The number of benzene rings is 1. The molecule has 2 rings (SSSR count). The van der Waals surface area contributed by atoms with Gasteiger partial charge in [0, 0.05) is 0 Å². The first-order valence-corrected chi connectivity index (χ1v) is 7.26. The minimum atomic E-state index is -0.635. The van der Waals surface area contributed by atoms with Gasteiger partial charge in [0.1, 0.15) is 5.71 Å². The van der Waals surface area contributed by atoms with Gasteiger partial charge in [-0.3, -0.25) is 4.79 Å². The molecule has 1 aromatic carbocycles. The normalized spacial score (nSPS) is 16.6. The van der Waals surface area contributed by atoms with Crippen LogP contribution in [0.25, 0.3) is 0 Å². The Morgan fingerprint density at radius 3 is 2.55 bits per heavy atom. The van der Waals surface area contributed by atoms with E-state index in [4.69, 9.17) is 16.4 Å². The van der Waals surface area contributed by atoms with Gasteiger partial charge in [-0.2, -0.15) is 0 Å². The molecule has 1 aliphatic rings. The van der Waals surface area contributed by atoms with Gasteiger partial charge in [-0.25, -0.2) is 4.79 Å². The zero-order valence-corrected chi connectivity index (χ0v) is 13.3. The Labute approximate surface area is 134 Å². The monoisotopic (exact) mass is 317 g/mol. The van der Waals surface area contributed by atoms with Crippen LogP contribution in [0.1, 0.15) is 31.1 Å². The Morgan fingerprint density at radius 2 is 1.91 bits per heavy atom. The fourth-order valence-electron chi connectivity index (χ4n) is 2.00. The molecule has 0 atom stereocenters. The fraction of sp³-hybridized carbons (Fsp3) is 0.235. The molecule has 0 heterocycles. The largest absolute Gasteiger partial charge is 0.367 e. The summed E-state index contributed by atoms with van der Waals surface area (Å²) in [5.74, 6) is -0.602. The number of hydrogen-bond donors (Lipinski definition) is 0. The van der Waals surface area contributed by atoms with Gasteiger partial charge in [-0.05, 0) is 48.3 Å². The highest BCUT2D eigenvalue weighted by Gasteiger charge is 2.20. The van der Waals surface area contributed by atoms with Gasteiger partial charge >= 0.3 is 5.97 Å². The number of nitrogens with zero attached hydrogens (tertiary/aromatic N) is 1. The Morgan fingerprint density at radius 1 is 1.23 bits per heavy atom. The third kappa shape index (κ3) is 3.52. The molecule has 0 N–H and O–H groups in total. The summed E-state index contributed by atoms with van der Waals surface area (Å²) < 4.78 is 0. The van der Waals surface area contributed by atoms with Crippen LogP contribution in [0.4, 0.5) is 0 Å². The van der Waals surface area contributed by atoms with Crippen LogP contribution in [0, 0.1) is 5.92 Å². The lowest BCUT2D eigenvalue weighted by Crippen LogP contribution is -2.16. The Balaban J connectivity index is 2.25. The molecule has 0 radical (unpaired) electrons. The minimum Gasteiger partial charge on any atom is -0.312 e. The summed E-state index contributed by atoms with van der Waals surface area (Å²) in [5, 5.41) is 4.20. The van der Waals surface area contributed by atoms with E-state index >= 15 is 0 Å². The molecular weight excluding hydrogens is 302 g/mol. The maximum atomic E-state index is 12.0. The average Bonchev–Trinajstić information content (AvgIpc) is 2.48. The van der Waals surface area contributed by atoms with E-state index in [-0.39, 0.29) is 17.3 Å². The highest BCUT2D eigenvalue weighted by Crippen LogP contribution is 2.21. The summed E-state index contributed by atoms with van der Waals surface area (Å²) in [6, 6.07) is 6.59. The fourth-order valence-corrected chi connectivity index (χ4v) is 2.21. The van der Waals surface area contributed by atoms with Crippen molar-refractivity contribution in [3.8, 4) is 0 Å². The number of rotatable bonds is 3. The molecule has 0 bridgehead atoms. The third-order valence-electron chi connectivity index (χ3n) is 3.27. The van der Waals surface area contributed by atoms with Crippen LogP contribution in [0.15, 0.2) is 52.7 Å². The van der Waals surface area contributed by atoms with E-state index in [1.54, 1.807) is 37.3 Å². The Kier molecular flexibility index (Phi) is 4.93. The molecule has 0 saturated heterocycles. The predicted octanol–water partition coefficient (Wildman–Crippen LogP) is 3.96.